The molecular formula is C23H25ClFN5O5S. The Morgan fingerprint density at radius 2 is 2.08 bits per heavy atom. The average molecular weight is 538 g/mol. The zero-order valence-electron chi connectivity index (χ0n) is 19.8. The lowest BCUT2D eigenvalue weighted by molar-refractivity contribution is 0.168. The van der Waals surface area contributed by atoms with Gasteiger partial charge in [0.05, 0.1) is 19.1 Å². The fraction of sp³-hybridized carbons (Fsp3) is 0.348. The van der Waals surface area contributed by atoms with Crippen molar-refractivity contribution in [3.8, 4) is 22.6 Å². The Bertz CT molecular complexity index is 1390. The molecule has 2 aromatic heterocycles. The van der Waals surface area contributed by atoms with Gasteiger partial charge in [-0.3, -0.25) is 4.72 Å². The number of aromatic nitrogens is 2. The number of methoxy groups -OCH3 is 1. The Labute approximate surface area is 212 Å². The molecule has 1 aliphatic carbocycles. The van der Waals surface area contributed by atoms with Crippen LogP contribution in [-0.2, 0) is 14.8 Å². The van der Waals surface area contributed by atoms with E-state index in [0.29, 0.717) is 29.6 Å². The Morgan fingerprint density at radius 3 is 2.75 bits per heavy atom. The summed E-state index contributed by atoms with van der Waals surface area (Å²) in [4.78, 5) is 20.2. The highest BCUT2D eigenvalue weighted by Gasteiger charge is 2.32. The summed E-state index contributed by atoms with van der Waals surface area (Å²) in [6.07, 6.45) is 3.76. The fourth-order valence-electron chi connectivity index (χ4n) is 3.49. The molecule has 4 rings (SSSR count). The molecule has 10 nitrogen and oxygen atoms in total. The second-order valence-corrected chi connectivity index (χ2v) is 10.7. The van der Waals surface area contributed by atoms with Crippen molar-refractivity contribution in [1.82, 2.24) is 15.3 Å². The zero-order chi connectivity index (χ0) is 26.0. The quantitative estimate of drug-likeness (QED) is 0.360. The number of anilines is 2. The fourth-order valence-corrected chi connectivity index (χ4v) is 4.26. The number of nitrogens with zero attached hydrogens (tertiary/aromatic N) is 2. The van der Waals surface area contributed by atoms with E-state index in [0.717, 1.165) is 19.1 Å². The SMILES string of the molecule is COC(=O)N[C@@H](C)CNc1cc(-c2oc(C3CC3)nc2-c2cc(Cl)cc(NS(C)(=O)=O)c2F)ccn1. The Morgan fingerprint density at radius 1 is 1.33 bits per heavy atom. The first-order valence-electron chi connectivity index (χ1n) is 11.1. The summed E-state index contributed by atoms with van der Waals surface area (Å²) >= 11 is 6.20. The summed E-state index contributed by atoms with van der Waals surface area (Å²) < 4.78 is 51.7. The van der Waals surface area contributed by atoms with Gasteiger partial charge in [-0.15, -0.1) is 0 Å². The number of rotatable bonds is 9. The van der Waals surface area contributed by atoms with Crippen LogP contribution in [0.4, 0.5) is 20.7 Å². The van der Waals surface area contributed by atoms with E-state index in [4.69, 9.17) is 16.0 Å². The molecule has 0 radical (unpaired) electrons. The van der Waals surface area contributed by atoms with E-state index in [1.165, 1.54) is 19.2 Å². The predicted molar refractivity (Wildman–Crippen MR) is 134 cm³/mol. The highest BCUT2D eigenvalue weighted by atomic mass is 35.5. The van der Waals surface area contributed by atoms with Crippen molar-refractivity contribution in [3.63, 3.8) is 0 Å². The van der Waals surface area contributed by atoms with Gasteiger partial charge in [0.1, 0.15) is 11.5 Å². The molecule has 1 aromatic carbocycles. The monoisotopic (exact) mass is 537 g/mol. The molecule has 1 atom stereocenters. The normalized spacial score (nSPS) is 14.2. The van der Waals surface area contributed by atoms with E-state index in [-0.39, 0.29) is 33.9 Å². The smallest absolute Gasteiger partial charge is 0.407 e. The lowest BCUT2D eigenvalue weighted by atomic mass is 10.1. The molecule has 1 saturated carbocycles. The van der Waals surface area contributed by atoms with Crippen LogP contribution in [0.15, 0.2) is 34.9 Å². The van der Waals surface area contributed by atoms with Gasteiger partial charge in [0.15, 0.2) is 17.5 Å². The molecule has 36 heavy (non-hydrogen) atoms. The molecule has 0 saturated heterocycles. The molecule has 0 bridgehead atoms. The first-order chi connectivity index (χ1) is 17.0. The maximum atomic E-state index is 15.5. The standard InChI is InChI=1S/C23H25ClFN5O5S/c1-12(28-23(31)34-2)11-27-18-8-14(6-7-26-18)21-20(29-22(35-21)13-4-5-13)16-9-15(24)10-17(19(16)25)30-36(3,32)33/h6-10,12-13,30H,4-5,11H2,1-3H3,(H,26,27)(H,28,31)/t12-/m0/s1. The first-order valence-corrected chi connectivity index (χ1v) is 13.3. The molecule has 1 fully saturated rings. The maximum absolute atomic E-state index is 15.5. The van der Waals surface area contributed by atoms with Gasteiger partial charge in [0, 0.05) is 40.9 Å². The van der Waals surface area contributed by atoms with E-state index in [1.807, 2.05) is 0 Å². The van der Waals surface area contributed by atoms with Crippen molar-refractivity contribution in [2.24, 2.45) is 0 Å². The zero-order valence-corrected chi connectivity index (χ0v) is 21.3. The highest BCUT2D eigenvalue weighted by Crippen LogP contribution is 2.45. The van der Waals surface area contributed by atoms with Crippen molar-refractivity contribution in [3.05, 3.63) is 47.2 Å². The number of ether oxygens (including phenoxy) is 1. The Hall–Kier alpha value is -3.38. The summed E-state index contributed by atoms with van der Waals surface area (Å²) in [6, 6.07) is 5.74. The number of benzene rings is 1. The molecule has 3 N–H and O–H groups in total. The van der Waals surface area contributed by atoms with Gasteiger partial charge < -0.3 is 19.8 Å². The third-order valence-corrected chi connectivity index (χ3v) is 6.13. The summed E-state index contributed by atoms with van der Waals surface area (Å²) in [5, 5.41) is 5.90. The van der Waals surface area contributed by atoms with Crippen molar-refractivity contribution < 1.29 is 26.8 Å². The minimum Gasteiger partial charge on any atom is -0.453 e. The number of carbonyl (C=O) groups excluding carboxylic acids is 1. The van der Waals surface area contributed by atoms with Crippen LogP contribution in [0.3, 0.4) is 0 Å². The maximum Gasteiger partial charge on any atom is 0.407 e. The molecule has 2 heterocycles. The summed E-state index contributed by atoms with van der Waals surface area (Å²) in [5.41, 5.74) is 0.492. The molecule has 0 aliphatic heterocycles. The third-order valence-electron chi connectivity index (χ3n) is 5.32. The minimum absolute atomic E-state index is 0.00141. The van der Waals surface area contributed by atoms with Gasteiger partial charge >= 0.3 is 6.09 Å². The van der Waals surface area contributed by atoms with E-state index in [9.17, 15) is 13.2 Å². The van der Waals surface area contributed by atoms with Crippen LogP contribution in [0.5, 0.6) is 0 Å². The molecule has 0 spiro atoms. The van der Waals surface area contributed by atoms with E-state index >= 15 is 4.39 Å². The van der Waals surface area contributed by atoms with Crippen LogP contribution < -0.4 is 15.4 Å². The van der Waals surface area contributed by atoms with E-state index in [2.05, 4.69) is 30.1 Å². The number of pyridine rings is 1. The van der Waals surface area contributed by atoms with Crippen molar-refractivity contribution in [1.29, 1.82) is 0 Å². The van der Waals surface area contributed by atoms with Crippen LogP contribution >= 0.6 is 11.6 Å². The number of halogens is 2. The number of carbonyl (C=O) groups is 1. The minimum atomic E-state index is -3.75. The Balaban J connectivity index is 1.70. The number of hydrogen-bond acceptors (Lipinski definition) is 8. The molecular weight excluding hydrogens is 513 g/mol. The molecule has 1 amide bonds. The summed E-state index contributed by atoms with van der Waals surface area (Å²) in [6.45, 7) is 2.17. The number of hydrogen-bond donors (Lipinski definition) is 3. The van der Waals surface area contributed by atoms with Crippen molar-refractivity contribution in [2.75, 3.05) is 29.9 Å². The van der Waals surface area contributed by atoms with Crippen LogP contribution in [0.1, 0.15) is 31.6 Å². The molecule has 0 unspecified atom stereocenters. The van der Waals surface area contributed by atoms with Gasteiger partial charge in [-0.05, 0) is 44.0 Å². The third kappa shape index (κ3) is 6.24. The van der Waals surface area contributed by atoms with Crippen LogP contribution in [0, 0.1) is 5.82 Å². The van der Waals surface area contributed by atoms with E-state index < -0.39 is 21.9 Å². The number of oxazole rings is 1. The number of amides is 1. The lowest BCUT2D eigenvalue weighted by Gasteiger charge is -2.14. The molecule has 1 aliphatic rings. The van der Waals surface area contributed by atoms with Crippen LogP contribution in [-0.4, -0.2) is 50.4 Å². The number of alkyl carbamates (subject to hydrolysis) is 1. The second kappa shape index (κ2) is 10.3. The number of nitrogens with one attached hydrogen (secondary N) is 3. The van der Waals surface area contributed by atoms with Crippen LogP contribution in [0.2, 0.25) is 5.02 Å². The van der Waals surface area contributed by atoms with E-state index in [1.54, 1.807) is 25.3 Å². The topological polar surface area (TPSA) is 135 Å². The molecule has 13 heteroatoms. The van der Waals surface area contributed by atoms with Gasteiger partial charge in [-0.25, -0.2) is 27.6 Å². The largest absolute Gasteiger partial charge is 0.453 e. The summed E-state index contributed by atoms with van der Waals surface area (Å²) in [5.74, 6) is 0.580. The predicted octanol–water partition coefficient (Wildman–Crippen LogP) is 4.60. The Kier molecular flexibility index (Phi) is 7.36. The van der Waals surface area contributed by atoms with Crippen molar-refractivity contribution in [2.45, 2.75) is 31.7 Å². The number of sulfonamides is 1. The van der Waals surface area contributed by atoms with Crippen LogP contribution in [0.25, 0.3) is 22.6 Å². The van der Waals surface area contributed by atoms with Gasteiger partial charge in [0.25, 0.3) is 0 Å². The summed E-state index contributed by atoms with van der Waals surface area (Å²) in [7, 11) is -2.46. The average Bonchev–Trinajstić information content (AvgIpc) is 3.57. The second-order valence-electron chi connectivity index (χ2n) is 8.54. The van der Waals surface area contributed by atoms with Gasteiger partial charge in [-0.1, -0.05) is 11.6 Å². The molecule has 192 valence electrons. The van der Waals surface area contributed by atoms with Gasteiger partial charge in [-0.2, -0.15) is 0 Å². The van der Waals surface area contributed by atoms with Gasteiger partial charge in [0.2, 0.25) is 10.0 Å². The molecule has 3 aromatic rings. The first kappa shape index (κ1) is 25.7. The van der Waals surface area contributed by atoms with Crippen molar-refractivity contribution >= 4 is 39.2 Å². The lowest BCUT2D eigenvalue weighted by Crippen LogP contribution is -2.37. The highest BCUT2D eigenvalue weighted by molar-refractivity contribution is 7.92.